The number of hydrogen-bond acceptors (Lipinski definition) is 4. The van der Waals surface area contributed by atoms with Crippen molar-refractivity contribution in [2.24, 2.45) is 0 Å². The van der Waals surface area contributed by atoms with Crippen molar-refractivity contribution >= 4 is 23.2 Å². The molecule has 1 aliphatic carbocycles. The lowest BCUT2D eigenvalue weighted by molar-refractivity contribution is -0.158. The minimum atomic E-state index is -0.775. The third-order valence-corrected chi connectivity index (χ3v) is 3.38. The Hall–Kier alpha value is -1.36. The van der Waals surface area contributed by atoms with Gasteiger partial charge >= 0.3 is 11.9 Å². The summed E-state index contributed by atoms with van der Waals surface area (Å²) in [6, 6.07) is 4.12. The highest BCUT2D eigenvalue weighted by Crippen LogP contribution is 2.29. The van der Waals surface area contributed by atoms with Gasteiger partial charge < -0.3 is 9.64 Å². The Balaban J connectivity index is 2.05. The molecule has 0 bridgehead atoms. The van der Waals surface area contributed by atoms with Gasteiger partial charge in [0.15, 0.2) is 0 Å². The highest BCUT2D eigenvalue weighted by atomic mass is 32.1. The van der Waals surface area contributed by atoms with Gasteiger partial charge in [0.25, 0.3) is 0 Å². The molecule has 1 saturated carbocycles. The van der Waals surface area contributed by atoms with Crippen LogP contribution in [0.4, 0.5) is 0 Å². The maximum Gasteiger partial charge on any atom is 0.396 e. The first-order chi connectivity index (χ1) is 7.72. The van der Waals surface area contributed by atoms with Crippen LogP contribution in [0, 0.1) is 0 Å². The average Bonchev–Trinajstić information content (AvgIpc) is 3.01. The fourth-order valence-electron chi connectivity index (χ4n) is 1.53. The molecule has 2 rings (SSSR count). The van der Waals surface area contributed by atoms with Gasteiger partial charge in [-0.05, 0) is 24.3 Å². The molecule has 16 heavy (non-hydrogen) atoms. The Labute approximate surface area is 97.8 Å². The van der Waals surface area contributed by atoms with Crippen LogP contribution in [-0.4, -0.2) is 29.9 Å². The van der Waals surface area contributed by atoms with E-state index in [2.05, 4.69) is 4.74 Å². The molecule has 0 aliphatic heterocycles. The minimum Gasteiger partial charge on any atom is -0.462 e. The van der Waals surface area contributed by atoms with E-state index in [1.54, 1.807) is 16.2 Å². The summed E-state index contributed by atoms with van der Waals surface area (Å²) in [5.74, 6) is -1.30. The summed E-state index contributed by atoms with van der Waals surface area (Å²) in [7, 11) is 1.23. The molecule has 0 spiro atoms. The van der Waals surface area contributed by atoms with Gasteiger partial charge in [-0.25, -0.2) is 4.79 Å². The number of carbonyl (C=O) groups is 2. The van der Waals surface area contributed by atoms with Gasteiger partial charge in [-0.2, -0.15) is 0 Å². The van der Waals surface area contributed by atoms with Crippen LogP contribution in [0.5, 0.6) is 0 Å². The zero-order chi connectivity index (χ0) is 11.5. The van der Waals surface area contributed by atoms with E-state index in [-0.39, 0.29) is 6.04 Å². The number of esters is 1. The third-order valence-electron chi connectivity index (χ3n) is 2.51. The second-order valence-corrected chi connectivity index (χ2v) is 4.77. The summed E-state index contributed by atoms with van der Waals surface area (Å²) in [4.78, 5) is 25.6. The van der Waals surface area contributed by atoms with E-state index in [4.69, 9.17) is 0 Å². The molecule has 0 aromatic carbocycles. The zero-order valence-corrected chi connectivity index (χ0v) is 9.83. The molecule has 1 heterocycles. The van der Waals surface area contributed by atoms with Gasteiger partial charge in [0.05, 0.1) is 13.7 Å². The van der Waals surface area contributed by atoms with Crippen LogP contribution < -0.4 is 0 Å². The van der Waals surface area contributed by atoms with Crippen molar-refractivity contribution < 1.29 is 14.3 Å². The van der Waals surface area contributed by atoms with Crippen molar-refractivity contribution in [3.63, 3.8) is 0 Å². The molecule has 0 N–H and O–H groups in total. The maximum absolute atomic E-state index is 11.7. The first-order valence-corrected chi connectivity index (χ1v) is 6.01. The van der Waals surface area contributed by atoms with Gasteiger partial charge in [-0.15, -0.1) is 11.3 Å². The molecular formula is C11H13NO3S. The number of amides is 1. The van der Waals surface area contributed by atoms with E-state index in [1.165, 1.54) is 7.11 Å². The zero-order valence-electron chi connectivity index (χ0n) is 9.01. The van der Waals surface area contributed by atoms with E-state index in [0.717, 1.165) is 17.7 Å². The number of thiophene rings is 1. The van der Waals surface area contributed by atoms with Gasteiger partial charge in [0, 0.05) is 10.9 Å². The normalized spacial score (nSPS) is 14.6. The fourth-order valence-corrected chi connectivity index (χ4v) is 2.23. The molecule has 1 aliphatic rings. The first kappa shape index (κ1) is 11.1. The van der Waals surface area contributed by atoms with Crippen molar-refractivity contribution in [1.29, 1.82) is 0 Å². The summed E-state index contributed by atoms with van der Waals surface area (Å²) in [5.41, 5.74) is 0. The second-order valence-electron chi connectivity index (χ2n) is 3.74. The quantitative estimate of drug-likeness (QED) is 0.592. The Morgan fingerprint density at radius 1 is 1.56 bits per heavy atom. The lowest BCUT2D eigenvalue weighted by Crippen LogP contribution is -2.38. The largest absolute Gasteiger partial charge is 0.462 e. The van der Waals surface area contributed by atoms with Crippen LogP contribution in [0.3, 0.4) is 0 Å². The Kier molecular flexibility index (Phi) is 3.24. The van der Waals surface area contributed by atoms with Crippen LogP contribution in [0.15, 0.2) is 17.5 Å². The summed E-state index contributed by atoms with van der Waals surface area (Å²) in [6.07, 6.45) is 1.96. The molecular weight excluding hydrogens is 226 g/mol. The van der Waals surface area contributed by atoms with Crippen LogP contribution in [0.25, 0.3) is 0 Å². The van der Waals surface area contributed by atoms with Crippen LogP contribution in [-0.2, 0) is 20.9 Å². The Morgan fingerprint density at radius 2 is 2.31 bits per heavy atom. The van der Waals surface area contributed by atoms with Crippen LogP contribution in [0.2, 0.25) is 0 Å². The molecule has 4 nitrogen and oxygen atoms in total. The van der Waals surface area contributed by atoms with Gasteiger partial charge in [0.2, 0.25) is 0 Å². The highest BCUT2D eigenvalue weighted by Gasteiger charge is 2.36. The molecule has 0 radical (unpaired) electrons. The van der Waals surface area contributed by atoms with E-state index in [1.807, 2.05) is 17.5 Å². The van der Waals surface area contributed by atoms with Gasteiger partial charge in [-0.3, -0.25) is 4.79 Å². The number of hydrogen-bond donors (Lipinski definition) is 0. The van der Waals surface area contributed by atoms with Crippen molar-refractivity contribution in [1.82, 2.24) is 4.90 Å². The number of carbonyl (C=O) groups excluding carboxylic acids is 2. The summed E-state index contributed by atoms with van der Waals surface area (Å²) >= 11 is 1.59. The third kappa shape index (κ3) is 2.41. The SMILES string of the molecule is COC(=O)C(=O)N(Cc1cccs1)C1CC1. The van der Waals surface area contributed by atoms with Crippen molar-refractivity contribution in [2.45, 2.75) is 25.4 Å². The Morgan fingerprint density at radius 3 is 2.81 bits per heavy atom. The van der Waals surface area contributed by atoms with E-state index in [0.29, 0.717) is 6.54 Å². The number of nitrogens with zero attached hydrogens (tertiary/aromatic N) is 1. The first-order valence-electron chi connectivity index (χ1n) is 5.13. The standard InChI is InChI=1S/C11H13NO3S/c1-15-11(14)10(13)12(8-4-5-8)7-9-3-2-6-16-9/h2-3,6,8H,4-5,7H2,1H3. The topological polar surface area (TPSA) is 46.6 Å². The smallest absolute Gasteiger partial charge is 0.396 e. The highest BCUT2D eigenvalue weighted by molar-refractivity contribution is 7.09. The molecule has 1 aromatic heterocycles. The fraction of sp³-hybridized carbons (Fsp3) is 0.455. The monoisotopic (exact) mass is 239 g/mol. The predicted molar refractivity (Wildman–Crippen MR) is 59.9 cm³/mol. The molecule has 1 amide bonds. The lowest BCUT2D eigenvalue weighted by Gasteiger charge is -2.19. The summed E-state index contributed by atoms with van der Waals surface area (Å²) < 4.78 is 4.46. The van der Waals surface area contributed by atoms with Crippen molar-refractivity contribution in [2.75, 3.05) is 7.11 Å². The molecule has 0 atom stereocenters. The molecule has 0 unspecified atom stereocenters. The van der Waals surface area contributed by atoms with E-state index in [9.17, 15) is 9.59 Å². The van der Waals surface area contributed by atoms with Gasteiger partial charge in [-0.1, -0.05) is 6.07 Å². The van der Waals surface area contributed by atoms with E-state index >= 15 is 0 Å². The summed E-state index contributed by atoms with van der Waals surface area (Å²) in [6.45, 7) is 0.510. The number of rotatable bonds is 3. The molecule has 0 saturated heterocycles. The number of methoxy groups -OCH3 is 1. The van der Waals surface area contributed by atoms with Crippen molar-refractivity contribution in [3.05, 3.63) is 22.4 Å². The molecule has 1 aromatic rings. The Bertz CT molecular complexity index is 384. The molecule has 1 fully saturated rings. The number of ether oxygens (including phenoxy) is 1. The minimum absolute atomic E-state index is 0.216. The second kappa shape index (κ2) is 4.65. The van der Waals surface area contributed by atoms with Crippen LogP contribution >= 0.6 is 11.3 Å². The molecule has 5 heteroatoms. The lowest BCUT2D eigenvalue weighted by atomic mass is 10.3. The van der Waals surface area contributed by atoms with Gasteiger partial charge in [0.1, 0.15) is 0 Å². The van der Waals surface area contributed by atoms with Crippen LogP contribution in [0.1, 0.15) is 17.7 Å². The van der Waals surface area contributed by atoms with Crippen molar-refractivity contribution in [3.8, 4) is 0 Å². The molecule has 86 valence electrons. The van der Waals surface area contributed by atoms with E-state index < -0.39 is 11.9 Å². The predicted octanol–water partition coefficient (Wildman–Crippen LogP) is 1.41. The maximum atomic E-state index is 11.7. The summed E-state index contributed by atoms with van der Waals surface area (Å²) in [5, 5.41) is 1.96. The average molecular weight is 239 g/mol.